The molecule has 1 aliphatic heterocycles. The van der Waals surface area contributed by atoms with Gasteiger partial charge in [0.15, 0.2) is 0 Å². The summed E-state index contributed by atoms with van der Waals surface area (Å²) in [6, 6.07) is 1.11. The lowest BCUT2D eigenvalue weighted by Crippen LogP contribution is -2.35. The molecule has 0 bridgehead atoms. The maximum atomic E-state index is 6.05. The van der Waals surface area contributed by atoms with E-state index in [0.717, 1.165) is 12.5 Å². The minimum absolute atomic E-state index is 0.364. The summed E-state index contributed by atoms with van der Waals surface area (Å²) in [6.45, 7) is 8.05. The summed E-state index contributed by atoms with van der Waals surface area (Å²) < 4.78 is 0. The van der Waals surface area contributed by atoms with E-state index in [2.05, 4.69) is 37.7 Å². The first kappa shape index (κ1) is 12.9. The number of hydrogen-bond acceptors (Lipinski definition) is 3. The Morgan fingerprint density at radius 1 is 1.40 bits per heavy atom. The summed E-state index contributed by atoms with van der Waals surface area (Å²) in [4.78, 5) is 4.88. The van der Waals surface area contributed by atoms with Crippen molar-refractivity contribution in [2.75, 3.05) is 33.7 Å². The molecule has 0 aromatic carbocycles. The zero-order valence-electron chi connectivity index (χ0n) is 10.7. The van der Waals surface area contributed by atoms with Crippen LogP contribution in [0.5, 0.6) is 0 Å². The molecule has 1 aliphatic rings. The molecule has 2 atom stereocenters. The Morgan fingerprint density at radius 2 is 2.07 bits per heavy atom. The van der Waals surface area contributed by atoms with Crippen LogP contribution >= 0.6 is 0 Å². The van der Waals surface area contributed by atoms with Crippen molar-refractivity contribution in [3.63, 3.8) is 0 Å². The Bertz CT molecular complexity index is 180. The van der Waals surface area contributed by atoms with Crippen molar-refractivity contribution in [3.8, 4) is 0 Å². The third-order valence-corrected chi connectivity index (χ3v) is 3.61. The van der Waals surface area contributed by atoms with Crippen LogP contribution in [0.1, 0.15) is 26.7 Å². The van der Waals surface area contributed by atoms with Crippen molar-refractivity contribution in [3.05, 3.63) is 0 Å². The van der Waals surface area contributed by atoms with E-state index in [1.165, 1.54) is 26.1 Å². The average molecular weight is 213 g/mol. The zero-order valence-corrected chi connectivity index (χ0v) is 10.7. The molecular weight excluding hydrogens is 186 g/mol. The van der Waals surface area contributed by atoms with Crippen LogP contribution in [0, 0.1) is 5.92 Å². The Kier molecular flexibility index (Phi) is 5.03. The van der Waals surface area contributed by atoms with Gasteiger partial charge in [-0.15, -0.1) is 0 Å². The van der Waals surface area contributed by atoms with E-state index >= 15 is 0 Å². The van der Waals surface area contributed by atoms with Gasteiger partial charge < -0.3 is 15.5 Å². The van der Waals surface area contributed by atoms with E-state index in [0.29, 0.717) is 12.0 Å². The van der Waals surface area contributed by atoms with Crippen molar-refractivity contribution in [2.45, 2.75) is 38.8 Å². The van der Waals surface area contributed by atoms with Crippen LogP contribution in [-0.4, -0.2) is 55.6 Å². The van der Waals surface area contributed by atoms with Crippen LogP contribution in [0.4, 0.5) is 0 Å². The molecule has 1 rings (SSSR count). The second-order valence-corrected chi connectivity index (χ2v) is 5.40. The Morgan fingerprint density at radius 3 is 2.53 bits per heavy atom. The van der Waals surface area contributed by atoms with E-state index in [-0.39, 0.29) is 0 Å². The standard InChI is InChI=1S/C12H27N3/c1-10(2)12(13)6-8-15-7-5-11(9-15)14(3)4/h10-12H,5-9,13H2,1-4H3. The Balaban J connectivity index is 2.19. The lowest BCUT2D eigenvalue weighted by Gasteiger charge is -2.22. The van der Waals surface area contributed by atoms with E-state index in [1.54, 1.807) is 0 Å². The molecule has 3 heteroatoms. The van der Waals surface area contributed by atoms with Crippen molar-refractivity contribution < 1.29 is 0 Å². The normalized spacial score (nSPS) is 25.4. The van der Waals surface area contributed by atoms with Gasteiger partial charge in [-0.1, -0.05) is 13.8 Å². The van der Waals surface area contributed by atoms with Gasteiger partial charge in [0.05, 0.1) is 0 Å². The number of rotatable bonds is 5. The zero-order chi connectivity index (χ0) is 11.4. The van der Waals surface area contributed by atoms with Crippen molar-refractivity contribution in [1.29, 1.82) is 0 Å². The third kappa shape index (κ3) is 4.09. The topological polar surface area (TPSA) is 32.5 Å². The molecular formula is C12H27N3. The summed E-state index contributed by atoms with van der Waals surface area (Å²) in [5.74, 6) is 0.609. The summed E-state index contributed by atoms with van der Waals surface area (Å²) >= 11 is 0. The van der Waals surface area contributed by atoms with E-state index in [1.807, 2.05) is 0 Å². The minimum Gasteiger partial charge on any atom is -0.327 e. The molecule has 2 unspecified atom stereocenters. The van der Waals surface area contributed by atoms with Gasteiger partial charge >= 0.3 is 0 Å². The van der Waals surface area contributed by atoms with Gasteiger partial charge in [0.1, 0.15) is 0 Å². The first-order chi connectivity index (χ1) is 7.00. The van der Waals surface area contributed by atoms with Crippen LogP contribution in [0.2, 0.25) is 0 Å². The Hall–Kier alpha value is -0.120. The number of nitrogens with two attached hydrogens (primary N) is 1. The molecule has 0 radical (unpaired) electrons. The van der Waals surface area contributed by atoms with Gasteiger partial charge in [0.25, 0.3) is 0 Å². The second kappa shape index (κ2) is 5.83. The highest BCUT2D eigenvalue weighted by Gasteiger charge is 2.23. The first-order valence-corrected chi connectivity index (χ1v) is 6.15. The van der Waals surface area contributed by atoms with Gasteiger partial charge in [-0.05, 0) is 45.9 Å². The van der Waals surface area contributed by atoms with Crippen LogP contribution in [0.25, 0.3) is 0 Å². The van der Waals surface area contributed by atoms with Gasteiger partial charge in [0.2, 0.25) is 0 Å². The van der Waals surface area contributed by atoms with Crippen LogP contribution in [0.15, 0.2) is 0 Å². The molecule has 0 aromatic heterocycles. The highest BCUT2D eigenvalue weighted by molar-refractivity contribution is 4.81. The molecule has 0 aromatic rings. The average Bonchev–Trinajstić information content (AvgIpc) is 2.62. The van der Waals surface area contributed by atoms with Gasteiger partial charge in [-0.2, -0.15) is 0 Å². The number of nitrogens with zero attached hydrogens (tertiary/aromatic N) is 2. The summed E-state index contributed by atoms with van der Waals surface area (Å²) in [5.41, 5.74) is 6.05. The third-order valence-electron chi connectivity index (χ3n) is 3.61. The van der Waals surface area contributed by atoms with Crippen molar-refractivity contribution >= 4 is 0 Å². The predicted molar refractivity (Wildman–Crippen MR) is 66.0 cm³/mol. The smallest absolute Gasteiger partial charge is 0.0229 e. The first-order valence-electron chi connectivity index (χ1n) is 6.15. The molecule has 1 fully saturated rings. The fraction of sp³-hybridized carbons (Fsp3) is 1.00. The molecule has 0 spiro atoms. The van der Waals surface area contributed by atoms with Crippen LogP contribution < -0.4 is 5.73 Å². The number of likely N-dealkylation sites (tertiary alicyclic amines) is 1. The molecule has 2 N–H and O–H groups in total. The molecule has 0 saturated carbocycles. The van der Waals surface area contributed by atoms with Crippen molar-refractivity contribution in [1.82, 2.24) is 9.80 Å². The maximum Gasteiger partial charge on any atom is 0.0229 e. The van der Waals surface area contributed by atoms with Gasteiger partial charge in [-0.25, -0.2) is 0 Å². The quantitative estimate of drug-likeness (QED) is 0.739. The monoisotopic (exact) mass is 213 g/mol. The van der Waals surface area contributed by atoms with Gasteiger partial charge in [0, 0.05) is 18.6 Å². The lowest BCUT2D eigenvalue weighted by atomic mass is 10.0. The largest absolute Gasteiger partial charge is 0.327 e. The van der Waals surface area contributed by atoms with Crippen molar-refractivity contribution in [2.24, 2.45) is 11.7 Å². The molecule has 90 valence electrons. The number of hydrogen-bond donors (Lipinski definition) is 1. The van der Waals surface area contributed by atoms with E-state index in [9.17, 15) is 0 Å². The molecule has 3 nitrogen and oxygen atoms in total. The lowest BCUT2D eigenvalue weighted by molar-refractivity contribution is 0.258. The summed E-state index contributed by atoms with van der Waals surface area (Å²) in [7, 11) is 4.35. The molecule has 15 heavy (non-hydrogen) atoms. The number of likely N-dealkylation sites (N-methyl/N-ethyl adjacent to an activating group) is 1. The fourth-order valence-electron chi connectivity index (χ4n) is 2.10. The predicted octanol–water partition coefficient (Wildman–Crippen LogP) is 0.996. The highest BCUT2D eigenvalue weighted by atomic mass is 15.2. The Labute approximate surface area is 94.6 Å². The summed E-state index contributed by atoms with van der Waals surface area (Å²) in [6.07, 6.45) is 2.45. The van der Waals surface area contributed by atoms with E-state index < -0.39 is 0 Å². The SMILES string of the molecule is CC(C)C(N)CCN1CCC(N(C)C)C1. The van der Waals surface area contributed by atoms with Gasteiger partial charge in [-0.3, -0.25) is 0 Å². The second-order valence-electron chi connectivity index (χ2n) is 5.40. The minimum atomic E-state index is 0.364. The van der Waals surface area contributed by atoms with E-state index in [4.69, 9.17) is 5.73 Å². The highest BCUT2D eigenvalue weighted by Crippen LogP contribution is 2.14. The summed E-state index contributed by atoms with van der Waals surface area (Å²) in [5, 5.41) is 0. The fourth-order valence-corrected chi connectivity index (χ4v) is 2.10. The molecule has 0 aliphatic carbocycles. The molecule has 1 heterocycles. The van der Waals surface area contributed by atoms with Crippen LogP contribution in [-0.2, 0) is 0 Å². The molecule has 1 saturated heterocycles. The maximum absolute atomic E-state index is 6.05. The van der Waals surface area contributed by atoms with Crippen LogP contribution in [0.3, 0.4) is 0 Å². The molecule has 0 amide bonds.